The van der Waals surface area contributed by atoms with Gasteiger partial charge in [-0.05, 0) is 18.5 Å². The zero-order valence-electron chi connectivity index (χ0n) is 12.6. The number of nitrogens with zero attached hydrogens (tertiary/aromatic N) is 5. The number of ketones is 1. The molecule has 23 heavy (non-hydrogen) atoms. The zero-order valence-corrected chi connectivity index (χ0v) is 13.4. The van der Waals surface area contributed by atoms with Gasteiger partial charge in [0.2, 0.25) is 5.28 Å². The lowest BCUT2D eigenvalue weighted by molar-refractivity contribution is -0.115. The Hall–Kier alpha value is -2.86. The van der Waals surface area contributed by atoms with E-state index in [1.165, 1.54) is 21.0 Å². The first-order valence-corrected chi connectivity index (χ1v) is 6.79. The smallest absolute Gasteiger partial charge is 0.332 e. The van der Waals surface area contributed by atoms with Gasteiger partial charge in [0.15, 0.2) is 16.9 Å². The number of nitrogens with two attached hydrogens (primary N) is 1. The number of halogens is 1. The van der Waals surface area contributed by atoms with E-state index in [2.05, 4.69) is 4.98 Å². The van der Waals surface area contributed by atoms with E-state index in [4.69, 9.17) is 22.6 Å². The highest BCUT2D eigenvalue weighted by atomic mass is 35.5. The van der Waals surface area contributed by atoms with Gasteiger partial charge in [-0.1, -0.05) is 0 Å². The number of hydrogen-bond acceptors (Lipinski definition) is 6. The third kappa shape index (κ3) is 2.53. The molecule has 2 aromatic heterocycles. The van der Waals surface area contributed by atoms with Crippen molar-refractivity contribution in [2.75, 3.05) is 0 Å². The number of aryl methyl sites for hydroxylation is 1. The highest BCUT2D eigenvalue weighted by Crippen LogP contribution is 2.16. The summed E-state index contributed by atoms with van der Waals surface area (Å²) in [5.74, 6) is -0.607. The van der Waals surface area contributed by atoms with Gasteiger partial charge in [0.05, 0.1) is 6.54 Å². The maximum atomic E-state index is 12.3. The summed E-state index contributed by atoms with van der Waals surface area (Å²) in [5, 5.41) is 8.84. The second kappa shape index (κ2) is 5.73. The monoisotopic (exact) mass is 336 g/mol. The number of Topliss-reactive ketones (excluding diaryl/α,β-unsaturated/α-hetero) is 1. The fourth-order valence-corrected chi connectivity index (χ4v) is 2.38. The Morgan fingerprint density at radius 2 is 1.96 bits per heavy atom. The van der Waals surface area contributed by atoms with Gasteiger partial charge in [-0.3, -0.25) is 18.7 Å². The van der Waals surface area contributed by atoms with Crippen molar-refractivity contribution in [3.8, 4) is 6.07 Å². The number of hydrogen-bond donors (Lipinski definition) is 1. The summed E-state index contributed by atoms with van der Waals surface area (Å²) in [5.41, 5.74) is 4.20. The summed E-state index contributed by atoms with van der Waals surface area (Å²) in [6, 6.07) is 1.72. The molecule has 0 aliphatic heterocycles. The highest BCUT2D eigenvalue weighted by Gasteiger charge is 2.21. The van der Waals surface area contributed by atoms with Crippen LogP contribution in [0.25, 0.3) is 11.2 Å². The molecule has 0 aliphatic carbocycles. The molecule has 9 nitrogen and oxygen atoms in total. The lowest BCUT2D eigenvalue weighted by atomic mass is 10.1. The molecule has 120 valence electrons. The number of carbonyl (C=O) groups excluding carboxylic acids is 1. The van der Waals surface area contributed by atoms with Crippen molar-refractivity contribution in [1.29, 1.82) is 5.26 Å². The molecule has 0 spiro atoms. The number of carbonyl (C=O) groups is 1. The van der Waals surface area contributed by atoms with Crippen LogP contribution in [-0.4, -0.2) is 24.5 Å². The summed E-state index contributed by atoms with van der Waals surface area (Å²) in [4.78, 5) is 40.3. The molecule has 0 bridgehead atoms. The van der Waals surface area contributed by atoms with Gasteiger partial charge in [0, 0.05) is 19.8 Å². The molecule has 2 aromatic rings. The molecular weight excluding hydrogens is 324 g/mol. The molecule has 0 fully saturated rings. The lowest BCUT2D eigenvalue weighted by Crippen LogP contribution is -2.37. The quantitative estimate of drug-likeness (QED) is 0.453. The second-order valence-electron chi connectivity index (χ2n) is 4.94. The van der Waals surface area contributed by atoms with Gasteiger partial charge in [-0.2, -0.15) is 10.2 Å². The van der Waals surface area contributed by atoms with E-state index in [9.17, 15) is 14.4 Å². The van der Waals surface area contributed by atoms with Crippen LogP contribution in [-0.2, 0) is 25.4 Å². The first-order valence-electron chi connectivity index (χ1n) is 6.42. The van der Waals surface area contributed by atoms with Crippen molar-refractivity contribution in [2.24, 2.45) is 19.8 Å². The SMILES string of the molecule is C/C(N)=C(/C#N)C(=O)Cn1c(Cl)nc2c1c(=O)n(C)c(=O)n2C. The van der Waals surface area contributed by atoms with Gasteiger partial charge >= 0.3 is 5.69 Å². The third-order valence-electron chi connectivity index (χ3n) is 3.39. The van der Waals surface area contributed by atoms with E-state index in [1.54, 1.807) is 6.07 Å². The molecule has 0 saturated carbocycles. The minimum Gasteiger partial charge on any atom is -0.401 e. The number of rotatable bonds is 3. The van der Waals surface area contributed by atoms with Gasteiger partial charge in [-0.15, -0.1) is 0 Å². The van der Waals surface area contributed by atoms with Crippen LogP contribution in [0.4, 0.5) is 0 Å². The molecule has 0 radical (unpaired) electrons. The Balaban J connectivity index is 2.74. The van der Waals surface area contributed by atoms with Crippen LogP contribution >= 0.6 is 11.6 Å². The van der Waals surface area contributed by atoms with Gasteiger partial charge in [0.25, 0.3) is 5.56 Å². The minimum atomic E-state index is -0.637. The number of imidazole rings is 1. The maximum absolute atomic E-state index is 12.3. The molecular formula is C13H13ClN6O3. The summed E-state index contributed by atoms with van der Waals surface area (Å²) < 4.78 is 3.19. The number of aromatic nitrogens is 4. The summed E-state index contributed by atoms with van der Waals surface area (Å²) >= 11 is 5.99. The standard InChI is InChI=1S/C13H13ClN6O3/c1-6(16)7(4-15)8(21)5-20-9-10(17-12(20)14)18(2)13(23)19(3)11(9)22/h5,16H2,1-3H3/b7-6+. The zero-order chi connectivity index (χ0) is 17.5. The fraction of sp³-hybridized carbons (Fsp3) is 0.308. The Kier molecular flexibility index (Phi) is 4.12. The van der Waals surface area contributed by atoms with E-state index < -0.39 is 17.0 Å². The van der Waals surface area contributed by atoms with Gasteiger partial charge in [0.1, 0.15) is 11.6 Å². The predicted molar refractivity (Wildman–Crippen MR) is 82.7 cm³/mol. The first kappa shape index (κ1) is 16.5. The Morgan fingerprint density at radius 3 is 2.48 bits per heavy atom. The lowest BCUT2D eigenvalue weighted by Gasteiger charge is -2.07. The molecule has 0 amide bonds. The van der Waals surface area contributed by atoms with Crippen LogP contribution in [0.5, 0.6) is 0 Å². The molecule has 10 heteroatoms. The average Bonchev–Trinajstić information content (AvgIpc) is 2.80. The molecule has 0 unspecified atom stereocenters. The summed E-state index contributed by atoms with van der Waals surface area (Å²) in [6.45, 7) is 1.03. The van der Waals surface area contributed by atoms with E-state index in [1.807, 2.05) is 0 Å². The number of allylic oxidation sites excluding steroid dienone is 2. The van der Waals surface area contributed by atoms with E-state index >= 15 is 0 Å². The van der Waals surface area contributed by atoms with Gasteiger partial charge < -0.3 is 10.3 Å². The number of fused-ring (bicyclic) bond motifs is 1. The molecule has 2 heterocycles. The van der Waals surface area contributed by atoms with Crippen LogP contribution in [0.3, 0.4) is 0 Å². The fourth-order valence-electron chi connectivity index (χ4n) is 2.16. The van der Waals surface area contributed by atoms with Crippen LogP contribution < -0.4 is 17.0 Å². The topological polar surface area (TPSA) is 129 Å². The highest BCUT2D eigenvalue weighted by molar-refractivity contribution is 6.29. The molecule has 0 aromatic carbocycles. The van der Waals surface area contributed by atoms with Crippen molar-refractivity contribution in [2.45, 2.75) is 13.5 Å². The van der Waals surface area contributed by atoms with Crippen molar-refractivity contribution >= 4 is 28.5 Å². The predicted octanol–water partition coefficient (Wildman–Crippen LogP) is -0.588. The van der Waals surface area contributed by atoms with Gasteiger partial charge in [-0.25, -0.2) is 4.79 Å². The van der Waals surface area contributed by atoms with Crippen molar-refractivity contribution in [3.05, 3.63) is 37.4 Å². The maximum Gasteiger partial charge on any atom is 0.332 e. The van der Waals surface area contributed by atoms with E-state index in [0.717, 1.165) is 13.7 Å². The molecule has 0 atom stereocenters. The summed E-state index contributed by atoms with van der Waals surface area (Å²) in [7, 11) is 2.74. The van der Waals surface area contributed by atoms with E-state index in [0.29, 0.717) is 0 Å². The first-order chi connectivity index (χ1) is 10.7. The number of nitriles is 1. The Morgan fingerprint density at radius 1 is 1.35 bits per heavy atom. The molecule has 2 N–H and O–H groups in total. The van der Waals surface area contributed by atoms with Crippen molar-refractivity contribution in [1.82, 2.24) is 18.7 Å². The Bertz CT molecular complexity index is 1010. The van der Waals surface area contributed by atoms with E-state index in [-0.39, 0.29) is 34.3 Å². The minimum absolute atomic E-state index is 0.0000794. The van der Waals surface area contributed by atoms with Crippen LogP contribution in [0.2, 0.25) is 5.28 Å². The van der Waals surface area contributed by atoms with Crippen LogP contribution in [0.15, 0.2) is 20.9 Å². The average molecular weight is 337 g/mol. The van der Waals surface area contributed by atoms with Crippen molar-refractivity contribution in [3.63, 3.8) is 0 Å². The molecule has 0 aliphatic rings. The van der Waals surface area contributed by atoms with Crippen molar-refractivity contribution < 1.29 is 4.79 Å². The molecule has 2 rings (SSSR count). The Labute approximate surface area is 134 Å². The largest absolute Gasteiger partial charge is 0.401 e. The third-order valence-corrected chi connectivity index (χ3v) is 3.68. The van der Waals surface area contributed by atoms with Crippen LogP contribution in [0.1, 0.15) is 6.92 Å². The van der Waals surface area contributed by atoms with Crippen LogP contribution in [0, 0.1) is 11.3 Å². The normalized spacial score (nSPS) is 12.1. The summed E-state index contributed by atoms with van der Waals surface area (Å²) in [6.07, 6.45) is 0. The molecule has 0 saturated heterocycles. The second-order valence-corrected chi connectivity index (χ2v) is 5.28.